The molecular formula is C13H16N4. The van der Waals surface area contributed by atoms with Crippen molar-refractivity contribution in [3.05, 3.63) is 35.5 Å². The van der Waals surface area contributed by atoms with Gasteiger partial charge in [0.15, 0.2) is 5.82 Å². The molecule has 17 heavy (non-hydrogen) atoms. The minimum Gasteiger partial charge on any atom is -0.369 e. The zero-order valence-corrected chi connectivity index (χ0v) is 10.4. The first-order chi connectivity index (χ1) is 8.24. The predicted octanol–water partition coefficient (Wildman–Crippen LogP) is 2.59. The predicted molar refractivity (Wildman–Crippen MR) is 68.9 cm³/mol. The molecule has 0 bridgehead atoms. The lowest BCUT2D eigenvalue weighted by Gasteiger charge is -2.11. The van der Waals surface area contributed by atoms with E-state index in [1.54, 1.807) is 6.20 Å². The van der Waals surface area contributed by atoms with Crippen molar-refractivity contribution in [1.82, 2.24) is 15.2 Å². The highest BCUT2D eigenvalue weighted by Crippen LogP contribution is 2.23. The van der Waals surface area contributed by atoms with Crippen LogP contribution in [0.3, 0.4) is 0 Å². The summed E-state index contributed by atoms with van der Waals surface area (Å²) in [5.74, 6) is 0.852. The highest BCUT2D eigenvalue weighted by atomic mass is 15.2. The maximum atomic E-state index is 4.30. The van der Waals surface area contributed by atoms with Crippen molar-refractivity contribution in [3.8, 4) is 11.4 Å². The van der Waals surface area contributed by atoms with E-state index in [0.29, 0.717) is 0 Å². The van der Waals surface area contributed by atoms with Crippen molar-refractivity contribution in [2.45, 2.75) is 20.8 Å². The fourth-order valence-corrected chi connectivity index (χ4v) is 1.69. The highest BCUT2D eigenvalue weighted by molar-refractivity contribution is 5.63. The summed E-state index contributed by atoms with van der Waals surface area (Å²) in [6.45, 7) is 6.99. The summed E-state index contributed by atoms with van der Waals surface area (Å²) < 4.78 is 0. The van der Waals surface area contributed by atoms with Gasteiger partial charge in [-0.15, -0.1) is 10.2 Å². The van der Waals surface area contributed by atoms with Crippen molar-refractivity contribution >= 4 is 5.82 Å². The number of hydrogen-bond donors (Lipinski definition) is 1. The molecule has 88 valence electrons. The van der Waals surface area contributed by atoms with Crippen LogP contribution >= 0.6 is 0 Å². The van der Waals surface area contributed by atoms with E-state index in [-0.39, 0.29) is 0 Å². The molecule has 0 saturated heterocycles. The third-order valence-electron chi connectivity index (χ3n) is 2.77. The molecular weight excluding hydrogens is 212 g/mol. The maximum absolute atomic E-state index is 4.30. The zero-order chi connectivity index (χ0) is 12.3. The van der Waals surface area contributed by atoms with Crippen molar-refractivity contribution in [3.63, 3.8) is 0 Å². The quantitative estimate of drug-likeness (QED) is 0.877. The van der Waals surface area contributed by atoms with Crippen LogP contribution < -0.4 is 5.32 Å². The molecule has 0 aliphatic carbocycles. The van der Waals surface area contributed by atoms with E-state index in [9.17, 15) is 0 Å². The summed E-state index contributed by atoms with van der Waals surface area (Å²) in [6, 6.07) is 5.80. The Kier molecular flexibility index (Phi) is 3.32. The van der Waals surface area contributed by atoms with Crippen LogP contribution in [0.4, 0.5) is 5.82 Å². The van der Waals surface area contributed by atoms with E-state index in [0.717, 1.165) is 34.9 Å². The van der Waals surface area contributed by atoms with Crippen LogP contribution in [0.25, 0.3) is 11.4 Å². The van der Waals surface area contributed by atoms with Crippen LogP contribution in [0, 0.1) is 13.8 Å². The average molecular weight is 228 g/mol. The minimum atomic E-state index is 0.845. The Bertz CT molecular complexity index is 508. The van der Waals surface area contributed by atoms with Crippen molar-refractivity contribution in [2.24, 2.45) is 0 Å². The largest absolute Gasteiger partial charge is 0.369 e. The Morgan fingerprint density at radius 3 is 2.59 bits per heavy atom. The van der Waals surface area contributed by atoms with Crippen LogP contribution in [0.1, 0.15) is 18.1 Å². The van der Waals surface area contributed by atoms with Gasteiger partial charge in [0.25, 0.3) is 0 Å². The SMILES string of the molecule is CCNc1nnc(-c2ccccn2)c(C)c1C. The molecule has 0 aromatic carbocycles. The molecule has 2 aromatic heterocycles. The monoisotopic (exact) mass is 228 g/mol. The fourth-order valence-electron chi connectivity index (χ4n) is 1.69. The van der Waals surface area contributed by atoms with Gasteiger partial charge >= 0.3 is 0 Å². The van der Waals surface area contributed by atoms with Gasteiger partial charge < -0.3 is 5.32 Å². The molecule has 2 heterocycles. The number of nitrogens with one attached hydrogen (secondary N) is 1. The van der Waals surface area contributed by atoms with Gasteiger partial charge in [0.05, 0.1) is 5.69 Å². The Hall–Kier alpha value is -1.97. The summed E-state index contributed by atoms with van der Waals surface area (Å²) in [4.78, 5) is 4.30. The molecule has 0 atom stereocenters. The first kappa shape index (κ1) is 11.5. The second-order valence-electron chi connectivity index (χ2n) is 3.89. The average Bonchev–Trinajstić information content (AvgIpc) is 2.36. The van der Waals surface area contributed by atoms with Crippen LogP contribution in [-0.4, -0.2) is 21.7 Å². The highest BCUT2D eigenvalue weighted by Gasteiger charge is 2.11. The van der Waals surface area contributed by atoms with Crippen molar-refractivity contribution in [2.75, 3.05) is 11.9 Å². The molecule has 0 saturated carbocycles. The van der Waals surface area contributed by atoms with Crippen LogP contribution in [-0.2, 0) is 0 Å². The van der Waals surface area contributed by atoms with Crippen molar-refractivity contribution < 1.29 is 0 Å². The van der Waals surface area contributed by atoms with E-state index >= 15 is 0 Å². The van der Waals surface area contributed by atoms with Crippen LogP contribution in [0.2, 0.25) is 0 Å². The van der Waals surface area contributed by atoms with Crippen molar-refractivity contribution in [1.29, 1.82) is 0 Å². The molecule has 0 amide bonds. The maximum Gasteiger partial charge on any atom is 0.151 e. The van der Waals surface area contributed by atoms with Gasteiger partial charge in [-0.1, -0.05) is 6.07 Å². The standard InChI is InChI=1S/C13H16N4/c1-4-14-13-10(3)9(2)12(16-17-13)11-7-5-6-8-15-11/h5-8H,4H2,1-3H3,(H,14,17). The molecule has 0 spiro atoms. The molecule has 0 fully saturated rings. The fraction of sp³-hybridized carbons (Fsp3) is 0.308. The summed E-state index contributed by atoms with van der Waals surface area (Å²) in [5.41, 5.74) is 3.96. The number of nitrogens with zero attached hydrogens (tertiary/aromatic N) is 3. The first-order valence-electron chi connectivity index (χ1n) is 5.73. The molecule has 2 rings (SSSR count). The molecule has 0 radical (unpaired) electrons. The third-order valence-corrected chi connectivity index (χ3v) is 2.77. The molecule has 4 nitrogen and oxygen atoms in total. The van der Waals surface area contributed by atoms with E-state index in [2.05, 4.69) is 34.3 Å². The van der Waals surface area contributed by atoms with Gasteiger partial charge in [0.1, 0.15) is 5.69 Å². The number of anilines is 1. The molecule has 2 aromatic rings. The first-order valence-corrected chi connectivity index (χ1v) is 5.73. The van der Waals surface area contributed by atoms with E-state index in [1.807, 2.05) is 25.1 Å². The van der Waals surface area contributed by atoms with E-state index in [1.165, 1.54) is 0 Å². The zero-order valence-electron chi connectivity index (χ0n) is 10.4. The van der Waals surface area contributed by atoms with Gasteiger partial charge in [0.2, 0.25) is 0 Å². The summed E-state index contributed by atoms with van der Waals surface area (Å²) in [5, 5.41) is 11.7. The lowest BCUT2D eigenvalue weighted by Crippen LogP contribution is -2.06. The van der Waals surface area contributed by atoms with Gasteiger partial charge in [-0.25, -0.2) is 0 Å². The Morgan fingerprint density at radius 1 is 1.12 bits per heavy atom. The second-order valence-corrected chi connectivity index (χ2v) is 3.89. The van der Waals surface area contributed by atoms with Crippen LogP contribution in [0.5, 0.6) is 0 Å². The lowest BCUT2D eigenvalue weighted by atomic mass is 10.1. The summed E-state index contributed by atoms with van der Waals surface area (Å²) in [6.07, 6.45) is 1.77. The molecule has 4 heteroatoms. The van der Waals surface area contributed by atoms with Crippen LogP contribution in [0.15, 0.2) is 24.4 Å². The normalized spacial score (nSPS) is 10.3. The van der Waals surface area contributed by atoms with E-state index < -0.39 is 0 Å². The minimum absolute atomic E-state index is 0.845. The summed E-state index contributed by atoms with van der Waals surface area (Å²) in [7, 11) is 0. The van der Waals surface area contributed by atoms with Gasteiger partial charge in [-0.05, 0) is 44.0 Å². The molecule has 0 aliphatic heterocycles. The third kappa shape index (κ3) is 2.25. The van der Waals surface area contributed by atoms with Gasteiger partial charge in [0, 0.05) is 12.7 Å². The number of rotatable bonds is 3. The lowest BCUT2D eigenvalue weighted by molar-refractivity contribution is 0.980. The smallest absolute Gasteiger partial charge is 0.151 e. The second kappa shape index (κ2) is 4.91. The molecule has 1 N–H and O–H groups in total. The van der Waals surface area contributed by atoms with Gasteiger partial charge in [-0.2, -0.15) is 0 Å². The summed E-state index contributed by atoms with van der Waals surface area (Å²) >= 11 is 0. The number of aromatic nitrogens is 3. The Morgan fingerprint density at radius 2 is 1.94 bits per heavy atom. The molecule has 0 unspecified atom stereocenters. The number of pyridine rings is 1. The Labute approximate surface area is 101 Å². The molecule has 0 aliphatic rings. The topological polar surface area (TPSA) is 50.7 Å². The van der Waals surface area contributed by atoms with E-state index in [4.69, 9.17) is 0 Å². The van der Waals surface area contributed by atoms with Gasteiger partial charge in [-0.3, -0.25) is 4.98 Å². The Balaban J connectivity index is 2.48. The number of hydrogen-bond acceptors (Lipinski definition) is 4.